The maximum Gasteiger partial charge on any atom is 0.325 e. The van der Waals surface area contributed by atoms with Gasteiger partial charge in [0.1, 0.15) is 6.54 Å². The molecular weight excluding hydrogens is 374 g/mol. The van der Waals surface area contributed by atoms with E-state index in [4.69, 9.17) is 0 Å². The Morgan fingerprint density at radius 1 is 1.37 bits per heavy atom. The first-order valence-electron chi connectivity index (χ1n) is 7.74. The van der Waals surface area contributed by atoms with Crippen LogP contribution in [-0.4, -0.2) is 38.3 Å². The van der Waals surface area contributed by atoms with Gasteiger partial charge < -0.3 is 9.30 Å². The van der Waals surface area contributed by atoms with E-state index >= 15 is 0 Å². The molecule has 0 saturated carbocycles. The second-order valence-corrected chi connectivity index (χ2v) is 6.68. The number of nitrogens with zero attached hydrogens (tertiary/aromatic N) is 5. The number of hydrogen-bond donors (Lipinski definition) is 0. The van der Waals surface area contributed by atoms with Gasteiger partial charge in [-0.25, -0.2) is 0 Å². The van der Waals surface area contributed by atoms with Crippen molar-refractivity contribution in [2.45, 2.75) is 13.5 Å². The topological polar surface area (TPSA) is 122 Å². The Morgan fingerprint density at radius 2 is 2.11 bits per heavy atom. The van der Waals surface area contributed by atoms with Crippen LogP contribution >= 0.6 is 11.3 Å². The van der Waals surface area contributed by atoms with Gasteiger partial charge in [0.15, 0.2) is 10.5 Å². The van der Waals surface area contributed by atoms with E-state index in [2.05, 4.69) is 14.8 Å². The summed E-state index contributed by atoms with van der Waals surface area (Å²) in [6.45, 7) is 1.57. The molecule has 27 heavy (non-hydrogen) atoms. The minimum absolute atomic E-state index is 0.128. The number of ether oxygens (including phenoxy) is 1. The van der Waals surface area contributed by atoms with Crippen LogP contribution in [0.2, 0.25) is 0 Å². The molecule has 2 aromatic heterocycles. The van der Waals surface area contributed by atoms with Gasteiger partial charge in [0.05, 0.1) is 22.2 Å². The second kappa shape index (κ2) is 7.11. The van der Waals surface area contributed by atoms with Crippen LogP contribution in [0.4, 0.5) is 5.69 Å². The Balaban J connectivity index is 2.18. The molecule has 0 aliphatic carbocycles. The Kier molecular flexibility index (Phi) is 4.86. The van der Waals surface area contributed by atoms with E-state index in [1.54, 1.807) is 30.8 Å². The lowest BCUT2D eigenvalue weighted by Crippen LogP contribution is -2.22. The molecule has 11 heteroatoms. The molecule has 0 unspecified atom stereocenters. The number of aromatic nitrogens is 3. The maximum atomic E-state index is 12.5. The number of benzene rings is 1. The van der Waals surface area contributed by atoms with E-state index in [0.29, 0.717) is 10.2 Å². The number of thiazole rings is 1. The van der Waals surface area contributed by atoms with Crippen molar-refractivity contribution in [3.63, 3.8) is 0 Å². The summed E-state index contributed by atoms with van der Waals surface area (Å²) in [5.41, 5.74) is 1.26. The lowest BCUT2D eigenvalue weighted by Gasteiger charge is -2.03. The molecule has 0 fully saturated rings. The molecule has 0 atom stereocenters. The second-order valence-electron chi connectivity index (χ2n) is 5.67. The van der Waals surface area contributed by atoms with Gasteiger partial charge in [0, 0.05) is 24.9 Å². The van der Waals surface area contributed by atoms with Crippen molar-refractivity contribution in [1.82, 2.24) is 14.3 Å². The highest BCUT2D eigenvalue weighted by Crippen LogP contribution is 2.23. The molecule has 140 valence electrons. The number of carbonyl (C=O) groups is 2. The molecule has 0 aliphatic heterocycles. The molecular formula is C16H15N5O5S. The van der Waals surface area contributed by atoms with Crippen molar-refractivity contribution in [2.75, 3.05) is 7.11 Å². The molecule has 1 amide bonds. The predicted molar refractivity (Wildman–Crippen MR) is 96.3 cm³/mol. The van der Waals surface area contributed by atoms with Gasteiger partial charge >= 0.3 is 5.97 Å². The van der Waals surface area contributed by atoms with Gasteiger partial charge in [-0.1, -0.05) is 11.3 Å². The number of amides is 1. The summed E-state index contributed by atoms with van der Waals surface area (Å²) < 4.78 is 8.31. The largest absolute Gasteiger partial charge is 0.468 e. The number of rotatable bonds is 4. The number of nitro groups is 1. The molecule has 0 aliphatic rings. The summed E-state index contributed by atoms with van der Waals surface area (Å²) in [4.78, 5) is 39.1. The van der Waals surface area contributed by atoms with E-state index in [9.17, 15) is 19.7 Å². The van der Waals surface area contributed by atoms with Crippen molar-refractivity contribution in [3.8, 4) is 0 Å². The third-order valence-electron chi connectivity index (χ3n) is 3.92. The van der Waals surface area contributed by atoms with Crippen molar-refractivity contribution in [2.24, 2.45) is 12.0 Å². The van der Waals surface area contributed by atoms with Gasteiger partial charge in [-0.05, 0) is 19.1 Å². The zero-order valence-corrected chi connectivity index (χ0v) is 15.5. The van der Waals surface area contributed by atoms with Crippen LogP contribution in [0.3, 0.4) is 0 Å². The highest BCUT2D eigenvalue weighted by Gasteiger charge is 2.16. The first-order chi connectivity index (χ1) is 12.8. The summed E-state index contributed by atoms with van der Waals surface area (Å²) in [6.07, 6.45) is 0. The van der Waals surface area contributed by atoms with Gasteiger partial charge in [0.2, 0.25) is 0 Å². The van der Waals surface area contributed by atoms with Crippen LogP contribution < -0.4 is 4.80 Å². The summed E-state index contributed by atoms with van der Waals surface area (Å²) in [5.74, 6) is -1.14. The van der Waals surface area contributed by atoms with Crippen molar-refractivity contribution >= 4 is 39.1 Å². The number of hydrogen-bond acceptors (Lipinski definition) is 7. The molecule has 0 spiro atoms. The first-order valence-corrected chi connectivity index (χ1v) is 8.56. The smallest absolute Gasteiger partial charge is 0.325 e. The first kappa shape index (κ1) is 18.5. The fraction of sp³-hybridized carbons (Fsp3) is 0.250. The summed E-state index contributed by atoms with van der Waals surface area (Å²) in [7, 11) is 2.95. The Morgan fingerprint density at radius 3 is 2.70 bits per heavy atom. The molecule has 0 saturated heterocycles. The number of carbonyl (C=O) groups excluding carboxylic acids is 2. The monoisotopic (exact) mass is 389 g/mol. The molecule has 3 rings (SSSR count). The van der Waals surface area contributed by atoms with Crippen LogP contribution in [0.25, 0.3) is 10.2 Å². The lowest BCUT2D eigenvalue weighted by atomic mass is 10.3. The standard InChI is InChI=1S/C16H15N5O5S/c1-9-6-11(18-19(9)2)15(23)17-16-20(8-14(22)26-3)12-7-10(21(24)25)4-5-13(12)27-16/h4-7H,8H2,1-3H3. The van der Waals surface area contributed by atoms with Crippen molar-refractivity contribution in [3.05, 3.63) is 50.6 Å². The summed E-state index contributed by atoms with van der Waals surface area (Å²) >= 11 is 1.14. The number of non-ortho nitro benzene ring substituents is 1. The minimum Gasteiger partial charge on any atom is -0.468 e. The van der Waals surface area contributed by atoms with E-state index in [1.165, 1.54) is 23.8 Å². The molecule has 10 nitrogen and oxygen atoms in total. The highest BCUT2D eigenvalue weighted by atomic mass is 32.1. The van der Waals surface area contributed by atoms with E-state index in [-0.39, 0.29) is 22.7 Å². The average Bonchev–Trinajstić information content (AvgIpc) is 3.14. The number of methoxy groups -OCH3 is 1. The van der Waals surface area contributed by atoms with Gasteiger partial charge in [-0.15, -0.1) is 0 Å². The lowest BCUT2D eigenvalue weighted by molar-refractivity contribution is -0.384. The van der Waals surface area contributed by atoms with Crippen LogP contribution in [0.15, 0.2) is 29.3 Å². The van der Waals surface area contributed by atoms with Crippen molar-refractivity contribution < 1.29 is 19.2 Å². The Labute approximate surface area is 156 Å². The molecule has 0 bridgehead atoms. The molecule has 3 aromatic rings. The fourth-order valence-corrected chi connectivity index (χ4v) is 3.42. The molecule has 0 N–H and O–H groups in total. The summed E-state index contributed by atoms with van der Waals surface area (Å²) in [5, 5.41) is 15.2. The molecule has 0 radical (unpaired) electrons. The van der Waals surface area contributed by atoms with E-state index in [1.807, 2.05) is 0 Å². The zero-order valence-electron chi connectivity index (χ0n) is 14.7. The van der Waals surface area contributed by atoms with Gasteiger partial charge in [-0.3, -0.25) is 24.4 Å². The molecule has 2 heterocycles. The highest BCUT2D eigenvalue weighted by molar-refractivity contribution is 7.16. The average molecular weight is 389 g/mol. The normalized spacial score (nSPS) is 11.7. The van der Waals surface area contributed by atoms with Crippen LogP contribution in [0.5, 0.6) is 0 Å². The van der Waals surface area contributed by atoms with Crippen LogP contribution in [0, 0.1) is 17.0 Å². The summed E-state index contributed by atoms with van der Waals surface area (Å²) in [6, 6.07) is 5.85. The zero-order chi connectivity index (χ0) is 19.7. The third-order valence-corrected chi connectivity index (χ3v) is 4.98. The Hall–Kier alpha value is -3.34. The van der Waals surface area contributed by atoms with E-state index < -0.39 is 16.8 Å². The van der Waals surface area contributed by atoms with E-state index in [0.717, 1.165) is 17.0 Å². The Bertz CT molecular complexity index is 1120. The fourth-order valence-electron chi connectivity index (χ4n) is 2.41. The third kappa shape index (κ3) is 3.62. The number of nitro benzene ring substituents is 1. The van der Waals surface area contributed by atoms with Gasteiger partial charge in [0.25, 0.3) is 11.6 Å². The van der Waals surface area contributed by atoms with Crippen LogP contribution in [-0.2, 0) is 23.1 Å². The SMILES string of the molecule is COC(=O)Cn1c(=NC(=O)c2cc(C)n(C)n2)sc2ccc([N+](=O)[O-])cc21. The quantitative estimate of drug-likeness (QED) is 0.379. The number of fused-ring (bicyclic) bond motifs is 1. The maximum absolute atomic E-state index is 12.5. The number of aryl methyl sites for hydroxylation is 2. The van der Waals surface area contributed by atoms with Crippen molar-refractivity contribution in [1.29, 1.82) is 0 Å². The number of esters is 1. The molecule has 1 aromatic carbocycles. The predicted octanol–water partition coefficient (Wildman–Crippen LogP) is 1.57. The van der Waals surface area contributed by atoms with Crippen LogP contribution in [0.1, 0.15) is 16.2 Å². The van der Waals surface area contributed by atoms with Gasteiger partial charge in [-0.2, -0.15) is 10.1 Å². The minimum atomic E-state index is -0.571.